The molecular formula is C28H28N2O6S2. The highest BCUT2D eigenvalue weighted by atomic mass is 32.1. The van der Waals surface area contributed by atoms with Crippen molar-refractivity contribution in [3.05, 3.63) is 67.4 Å². The number of rotatable bonds is 6. The first-order valence-corrected chi connectivity index (χ1v) is 14.2. The van der Waals surface area contributed by atoms with Crippen LogP contribution >= 0.6 is 22.7 Å². The number of carbonyl (C=O) groups excluding carboxylic acids is 4. The number of hydrogen-bond donors (Lipinski definition) is 2. The molecule has 0 fully saturated rings. The van der Waals surface area contributed by atoms with Crippen molar-refractivity contribution >= 4 is 56.4 Å². The molecule has 0 bridgehead atoms. The number of hydrogen-bond acceptors (Lipinski definition) is 8. The second kappa shape index (κ2) is 11.1. The van der Waals surface area contributed by atoms with Crippen molar-refractivity contribution in [1.29, 1.82) is 0 Å². The largest absolute Gasteiger partial charge is 0.465 e. The smallest absolute Gasteiger partial charge is 0.341 e. The van der Waals surface area contributed by atoms with Gasteiger partial charge in [0, 0.05) is 20.9 Å². The van der Waals surface area contributed by atoms with E-state index in [1.165, 1.54) is 36.9 Å². The summed E-state index contributed by atoms with van der Waals surface area (Å²) in [4.78, 5) is 53.2. The molecule has 8 nitrogen and oxygen atoms in total. The summed E-state index contributed by atoms with van der Waals surface area (Å²) in [7, 11) is 2.67. The molecule has 0 saturated carbocycles. The standard InChI is InChI=1S/C28H28N2O6S2/c1-35-27(33)21-17-7-3-5-9-19(17)37-25(21)29-23(31)15-11-13-16(14-12-15)24(32)30-26-22(28(34)36-2)18-8-4-6-10-20(18)38-26/h11-14H,3-10H2,1-2H3,(H,29,31)(H,30,32). The van der Waals surface area contributed by atoms with Gasteiger partial charge >= 0.3 is 11.9 Å². The van der Waals surface area contributed by atoms with Gasteiger partial charge in [-0.15, -0.1) is 22.7 Å². The summed E-state index contributed by atoms with van der Waals surface area (Å²) in [5.74, 6) is -1.65. The third kappa shape index (κ3) is 4.98. The van der Waals surface area contributed by atoms with Crippen molar-refractivity contribution in [1.82, 2.24) is 0 Å². The van der Waals surface area contributed by atoms with E-state index in [0.29, 0.717) is 32.3 Å². The molecule has 2 heterocycles. The van der Waals surface area contributed by atoms with Gasteiger partial charge in [0.15, 0.2) is 0 Å². The molecule has 0 atom stereocenters. The molecule has 0 unspecified atom stereocenters. The Morgan fingerprint density at radius 1 is 0.632 bits per heavy atom. The van der Waals surface area contributed by atoms with E-state index >= 15 is 0 Å². The Morgan fingerprint density at radius 3 is 1.37 bits per heavy atom. The molecule has 2 aliphatic carbocycles. The number of anilines is 2. The quantitative estimate of drug-likeness (QED) is 0.383. The van der Waals surface area contributed by atoms with Gasteiger partial charge in [0.2, 0.25) is 0 Å². The third-order valence-corrected chi connectivity index (χ3v) is 9.40. The molecular weight excluding hydrogens is 524 g/mol. The van der Waals surface area contributed by atoms with E-state index in [1.54, 1.807) is 24.3 Å². The number of amides is 2. The number of aryl methyl sites for hydroxylation is 2. The van der Waals surface area contributed by atoms with Gasteiger partial charge in [-0.2, -0.15) is 0 Å². The molecule has 2 aromatic heterocycles. The van der Waals surface area contributed by atoms with Gasteiger partial charge in [-0.1, -0.05) is 0 Å². The Bertz CT molecular complexity index is 1310. The highest BCUT2D eigenvalue weighted by molar-refractivity contribution is 7.17. The highest BCUT2D eigenvalue weighted by Crippen LogP contribution is 2.40. The zero-order valence-electron chi connectivity index (χ0n) is 21.2. The summed E-state index contributed by atoms with van der Waals surface area (Å²) in [6.07, 6.45) is 7.46. The number of methoxy groups -OCH3 is 2. The van der Waals surface area contributed by atoms with Crippen LogP contribution in [0.5, 0.6) is 0 Å². The second-order valence-corrected chi connectivity index (χ2v) is 11.5. The van der Waals surface area contributed by atoms with Crippen LogP contribution in [-0.4, -0.2) is 38.0 Å². The Labute approximate surface area is 228 Å². The molecule has 38 heavy (non-hydrogen) atoms. The van der Waals surface area contributed by atoms with Crippen molar-refractivity contribution in [2.24, 2.45) is 0 Å². The summed E-state index contributed by atoms with van der Waals surface area (Å²) in [5.41, 5.74) is 3.53. The minimum absolute atomic E-state index is 0.352. The van der Waals surface area contributed by atoms with E-state index in [9.17, 15) is 19.2 Å². The first kappa shape index (κ1) is 26.1. The molecule has 1 aromatic carbocycles. The van der Waals surface area contributed by atoms with Crippen LogP contribution in [0.2, 0.25) is 0 Å². The Hall–Kier alpha value is -3.50. The topological polar surface area (TPSA) is 111 Å². The summed E-state index contributed by atoms with van der Waals surface area (Å²) in [6, 6.07) is 6.26. The molecule has 0 saturated heterocycles. The molecule has 0 radical (unpaired) electrons. The summed E-state index contributed by atoms with van der Waals surface area (Å²) in [6.45, 7) is 0. The van der Waals surface area contributed by atoms with Crippen LogP contribution in [0, 0.1) is 0 Å². The molecule has 0 spiro atoms. The van der Waals surface area contributed by atoms with Crippen molar-refractivity contribution in [3.8, 4) is 0 Å². The average molecular weight is 553 g/mol. The maximum atomic E-state index is 13.0. The lowest BCUT2D eigenvalue weighted by atomic mass is 9.95. The van der Waals surface area contributed by atoms with Gasteiger partial charge in [-0.3, -0.25) is 9.59 Å². The SMILES string of the molecule is COC(=O)c1c(NC(=O)c2ccc(C(=O)Nc3sc4c(c3C(=O)OC)CCCC4)cc2)sc2c1CCCC2. The van der Waals surface area contributed by atoms with Crippen LogP contribution < -0.4 is 10.6 Å². The fourth-order valence-corrected chi connectivity index (χ4v) is 7.61. The van der Waals surface area contributed by atoms with Crippen molar-refractivity contribution < 1.29 is 28.7 Å². The van der Waals surface area contributed by atoms with Crippen molar-refractivity contribution in [2.75, 3.05) is 24.9 Å². The van der Waals surface area contributed by atoms with Crippen LogP contribution in [0.4, 0.5) is 10.0 Å². The number of fused-ring (bicyclic) bond motifs is 2. The summed E-state index contributed by atoms with van der Waals surface area (Å²) >= 11 is 2.84. The number of benzene rings is 1. The number of esters is 2. The highest BCUT2D eigenvalue weighted by Gasteiger charge is 2.28. The number of thiophene rings is 2. The second-order valence-electron chi connectivity index (χ2n) is 9.30. The normalized spacial score (nSPS) is 14.2. The van der Waals surface area contributed by atoms with Crippen LogP contribution in [0.15, 0.2) is 24.3 Å². The molecule has 0 aliphatic heterocycles. The Balaban J connectivity index is 1.32. The van der Waals surface area contributed by atoms with E-state index in [2.05, 4.69) is 10.6 Å². The van der Waals surface area contributed by atoms with Crippen LogP contribution in [-0.2, 0) is 35.2 Å². The molecule has 2 aliphatic rings. The number of ether oxygens (including phenoxy) is 2. The third-order valence-electron chi connectivity index (χ3n) is 6.99. The van der Waals surface area contributed by atoms with Crippen LogP contribution in [0.3, 0.4) is 0 Å². The van der Waals surface area contributed by atoms with Crippen LogP contribution in [0.25, 0.3) is 0 Å². The summed E-state index contributed by atoms with van der Waals surface area (Å²) in [5, 5.41) is 6.73. The van der Waals surface area contributed by atoms with E-state index in [4.69, 9.17) is 9.47 Å². The first-order valence-electron chi connectivity index (χ1n) is 12.6. The maximum absolute atomic E-state index is 13.0. The molecule has 5 rings (SSSR count). The zero-order chi connectivity index (χ0) is 26.8. The lowest BCUT2D eigenvalue weighted by Crippen LogP contribution is -2.16. The fourth-order valence-electron chi connectivity index (χ4n) is 5.07. The van der Waals surface area contributed by atoms with E-state index in [1.807, 2.05) is 0 Å². The monoisotopic (exact) mass is 552 g/mol. The number of nitrogens with one attached hydrogen (secondary N) is 2. The summed E-state index contributed by atoms with van der Waals surface area (Å²) < 4.78 is 9.96. The number of carbonyl (C=O) groups is 4. The molecule has 2 N–H and O–H groups in total. The fraction of sp³-hybridized carbons (Fsp3) is 0.357. The lowest BCUT2D eigenvalue weighted by molar-refractivity contribution is 0.0591. The lowest BCUT2D eigenvalue weighted by Gasteiger charge is -2.12. The maximum Gasteiger partial charge on any atom is 0.341 e. The van der Waals surface area contributed by atoms with E-state index in [0.717, 1.165) is 72.2 Å². The average Bonchev–Trinajstić information content (AvgIpc) is 3.49. The Morgan fingerprint density at radius 2 is 1.00 bits per heavy atom. The van der Waals surface area contributed by atoms with E-state index < -0.39 is 11.9 Å². The molecule has 2 amide bonds. The van der Waals surface area contributed by atoms with Crippen LogP contribution in [0.1, 0.15) is 88.0 Å². The zero-order valence-corrected chi connectivity index (χ0v) is 22.9. The van der Waals surface area contributed by atoms with Gasteiger partial charge in [0.05, 0.1) is 25.3 Å². The van der Waals surface area contributed by atoms with Crippen molar-refractivity contribution in [3.63, 3.8) is 0 Å². The van der Waals surface area contributed by atoms with Gasteiger partial charge < -0.3 is 20.1 Å². The van der Waals surface area contributed by atoms with Crippen molar-refractivity contribution in [2.45, 2.75) is 51.4 Å². The predicted molar refractivity (Wildman–Crippen MR) is 147 cm³/mol. The predicted octanol–water partition coefficient (Wildman–Crippen LogP) is 5.65. The van der Waals surface area contributed by atoms with E-state index in [-0.39, 0.29) is 11.8 Å². The first-order chi connectivity index (χ1) is 18.4. The minimum atomic E-state index is -0.451. The van der Waals surface area contributed by atoms with Gasteiger partial charge in [0.1, 0.15) is 10.0 Å². The Kier molecular flexibility index (Phi) is 7.62. The molecule has 3 aromatic rings. The van der Waals surface area contributed by atoms with Gasteiger partial charge in [0.25, 0.3) is 11.8 Å². The van der Waals surface area contributed by atoms with Gasteiger partial charge in [-0.25, -0.2) is 9.59 Å². The molecule has 10 heteroatoms. The van der Waals surface area contributed by atoms with Gasteiger partial charge in [-0.05, 0) is 86.8 Å². The minimum Gasteiger partial charge on any atom is -0.465 e. The molecule has 198 valence electrons.